The second-order valence-corrected chi connectivity index (χ2v) is 12.5. The van der Waals surface area contributed by atoms with Gasteiger partial charge in [-0.15, -0.1) is 0 Å². The van der Waals surface area contributed by atoms with Gasteiger partial charge in [0, 0.05) is 0 Å². The average Bonchev–Trinajstić information content (AvgIpc) is 2.78. The molecule has 0 spiro atoms. The van der Waals surface area contributed by atoms with E-state index < -0.39 is 0 Å². The lowest BCUT2D eigenvalue weighted by molar-refractivity contribution is 0.452. The normalized spacial score (nSPS) is 12.8. The van der Waals surface area contributed by atoms with E-state index in [0.717, 1.165) is 25.7 Å². The number of phenols is 2. The first-order valence-electron chi connectivity index (χ1n) is 13.2. The molecule has 0 saturated carbocycles. The molecule has 0 bridgehead atoms. The fraction of sp³-hybridized carbons (Fsp3) is 0.625. The maximum absolute atomic E-state index is 9.91. The third kappa shape index (κ3) is 7.52. The predicted molar refractivity (Wildman–Crippen MR) is 149 cm³/mol. The van der Waals surface area contributed by atoms with Crippen LogP contribution < -0.4 is 0 Å². The molecule has 0 fully saturated rings. The second kappa shape index (κ2) is 11.2. The molecule has 0 aliphatic rings. The van der Waals surface area contributed by atoms with E-state index in [2.05, 4.69) is 95.2 Å². The summed E-state index contributed by atoms with van der Waals surface area (Å²) in [7, 11) is 0. The minimum atomic E-state index is 0.122. The van der Waals surface area contributed by atoms with E-state index >= 15 is 0 Å². The van der Waals surface area contributed by atoms with Crippen molar-refractivity contribution in [1.82, 2.24) is 0 Å². The van der Waals surface area contributed by atoms with Crippen molar-refractivity contribution in [2.45, 2.75) is 130 Å². The minimum absolute atomic E-state index is 0.122. The molecule has 2 aromatic carbocycles. The Hall–Kier alpha value is -1.96. The topological polar surface area (TPSA) is 40.5 Å². The van der Waals surface area contributed by atoms with Gasteiger partial charge in [-0.2, -0.15) is 0 Å². The van der Waals surface area contributed by atoms with Crippen molar-refractivity contribution in [2.24, 2.45) is 0 Å². The molecule has 2 heteroatoms. The van der Waals surface area contributed by atoms with Crippen molar-refractivity contribution in [3.8, 4) is 11.5 Å². The van der Waals surface area contributed by atoms with Gasteiger partial charge in [-0.3, -0.25) is 0 Å². The molecule has 0 aliphatic carbocycles. The Labute approximate surface area is 210 Å². The SMILES string of the molecule is CCC(C)(C)c1cc(O)cc(C(C)(C)CC)c1.CCC(C)(C)c1cc(O)cc(C(C)(C)CC)c1. The van der Waals surface area contributed by atoms with E-state index in [-0.39, 0.29) is 21.7 Å². The standard InChI is InChI=1S/2C16H26O/c2*1-7-15(3,4)12-9-13(11-14(17)10-12)16(5,6)8-2/h2*9-11,17H,7-8H2,1-6H3. The molecule has 0 saturated heterocycles. The van der Waals surface area contributed by atoms with Crippen molar-refractivity contribution < 1.29 is 10.2 Å². The van der Waals surface area contributed by atoms with Crippen LogP contribution in [-0.4, -0.2) is 10.2 Å². The van der Waals surface area contributed by atoms with Crippen molar-refractivity contribution >= 4 is 0 Å². The summed E-state index contributed by atoms with van der Waals surface area (Å²) in [5.74, 6) is 0.779. The lowest BCUT2D eigenvalue weighted by Crippen LogP contribution is -2.19. The summed E-state index contributed by atoms with van der Waals surface area (Å²) in [5, 5.41) is 19.8. The van der Waals surface area contributed by atoms with E-state index in [1.165, 1.54) is 22.3 Å². The van der Waals surface area contributed by atoms with Gasteiger partial charge >= 0.3 is 0 Å². The van der Waals surface area contributed by atoms with Gasteiger partial charge in [0.05, 0.1) is 0 Å². The van der Waals surface area contributed by atoms with Gasteiger partial charge in [0.1, 0.15) is 11.5 Å². The number of hydrogen-bond donors (Lipinski definition) is 2. The first-order chi connectivity index (χ1) is 15.5. The first kappa shape index (κ1) is 30.1. The molecule has 0 unspecified atom stereocenters. The highest BCUT2D eigenvalue weighted by Gasteiger charge is 2.25. The third-order valence-electron chi connectivity index (χ3n) is 8.50. The smallest absolute Gasteiger partial charge is 0.116 e. The Morgan fingerprint density at radius 3 is 0.735 bits per heavy atom. The van der Waals surface area contributed by atoms with E-state index in [9.17, 15) is 10.2 Å². The fourth-order valence-corrected chi connectivity index (χ4v) is 3.60. The predicted octanol–water partition coefficient (Wildman–Crippen LogP) is 9.53. The largest absolute Gasteiger partial charge is 0.508 e. The van der Waals surface area contributed by atoms with Crippen LogP contribution in [0.2, 0.25) is 0 Å². The van der Waals surface area contributed by atoms with Crippen molar-refractivity contribution in [3.05, 3.63) is 58.7 Å². The Morgan fingerprint density at radius 1 is 0.412 bits per heavy atom. The van der Waals surface area contributed by atoms with Crippen LogP contribution in [0.25, 0.3) is 0 Å². The number of benzene rings is 2. The molecule has 2 rings (SSSR count). The van der Waals surface area contributed by atoms with Crippen LogP contribution in [-0.2, 0) is 21.7 Å². The maximum atomic E-state index is 9.91. The summed E-state index contributed by atoms with van der Waals surface area (Å²) in [4.78, 5) is 0. The Kier molecular flexibility index (Phi) is 9.89. The van der Waals surface area contributed by atoms with E-state index in [1.54, 1.807) is 0 Å². The molecule has 0 aliphatic heterocycles. The van der Waals surface area contributed by atoms with Crippen molar-refractivity contribution in [2.75, 3.05) is 0 Å². The third-order valence-corrected chi connectivity index (χ3v) is 8.50. The first-order valence-corrected chi connectivity index (χ1v) is 13.2. The Morgan fingerprint density at radius 2 is 0.588 bits per heavy atom. The highest BCUT2D eigenvalue weighted by atomic mass is 16.3. The van der Waals surface area contributed by atoms with E-state index in [1.807, 2.05) is 24.3 Å². The van der Waals surface area contributed by atoms with Gasteiger partial charge in [0.25, 0.3) is 0 Å². The van der Waals surface area contributed by atoms with Gasteiger partial charge in [-0.1, -0.05) is 95.2 Å². The maximum Gasteiger partial charge on any atom is 0.116 e. The van der Waals surface area contributed by atoms with Crippen LogP contribution in [0.15, 0.2) is 36.4 Å². The highest BCUT2D eigenvalue weighted by molar-refractivity contribution is 5.41. The van der Waals surface area contributed by atoms with Crippen LogP contribution in [0, 0.1) is 0 Å². The molecule has 0 amide bonds. The number of aromatic hydroxyl groups is 2. The average molecular weight is 469 g/mol. The molecule has 2 nitrogen and oxygen atoms in total. The molecule has 0 aromatic heterocycles. The highest BCUT2D eigenvalue weighted by Crippen LogP contribution is 2.36. The van der Waals surface area contributed by atoms with Gasteiger partial charge < -0.3 is 10.2 Å². The molecule has 0 atom stereocenters. The zero-order valence-corrected chi connectivity index (χ0v) is 24.2. The summed E-state index contributed by atoms with van der Waals surface area (Å²) in [6, 6.07) is 12.1. The quantitative estimate of drug-likeness (QED) is 0.405. The summed E-state index contributed by atoms with van der Waals surface area (Å²) in [6.07, 6.45) is 4.29. The van der Waals surface area contributed by atoms with Gasteiger partial charge in [0.15, 0.2) is 0 Å². The van der Waals surface area contributed by atoms with Crippen LogP contribution >= 0.6 is 0 Å². The molecular weight excluding hydrogens is 416 g/mol. The Bertz CT molecular complexity index is 786. The minimum Gasteiger partial charge on any atom is -0.508 e. The lowest BCUT2D eigenvalue weighted by Gasteiger charge is -2.28. The zero-order chi connectivity index (χ0) is 26.5. The monoisotopic (exact) mass is 468 g/mol. The van der Waals surface area contributed by atoms with Crippen LogP contribution in [0.4, 0.5) is 0 Å². The summed E-state index contributed by atoms with van der Waals surface area (Å²) < 4.78 is 0. The second-order valence-electron chi connectivity index (χ2n) is 12.5. The van der Waals surface area contributed by atoms with Crippen LogP contribution in [0.1, 0.15) is 131 Å². The molecule has 34 heavy (non-hydrogen) atoms. The molecule has 2 aromatic rings. The van der Waals surface area contributed by atoms with Gasteiger partial charge in [-0.25, -0.2) is 0 Å². The molecule has 0 radical (unpaired) electrons. The summed E-state index contributed by atoms with van der Waals surface area (Å²) in [5.41, 5.74) is 5.42. The van der Waals surface area contributed by atoms with Gasteiger partial charge in [0.2, 0.25) is 0 Å². The van der Waals surface area contributed by atoms with Gasteiger partial charge in [-0.05, 0) is 93.9 Å². The molecule has 192 valence electrons. The van der Waals surface area contributed by atoms with E-state index in [0.29, 0.717) is 11.5 Å². The number of rotatable bonds is 8. The summed E-state index contributed by atoms with van der Waals surface area (Å²) in [6.45, 7) is 26.6. The zero-order valence-electron chi connectivity index (χ0n) is 24.2. The molecular formula is C32H52O2. The van der Waals surface area contributed by atoms with Crippen LogP contribution in [0.5, 0.6) is 11.5 Å². The van der Waals surface area contributed by atoms with Crippen LogP contribution in [0.3, 0.4) is 0 Å². The van der Waals surface area contributed by atoms with Crippen molar-refractivity contribution in [1.29, 1.82) is 0 Å². The van der Waals surface area contributed by atoms with E-state index in [4.69, 9.17) is 0 Å². The van der Waals surface area contributed by atoms with Crippen molar-refractivity contribution in [3.63, 3.8) is 0 Å². The number of hydrogen-bond acceptors (Lipinski definition) is 2. The summed E-state index contributed by atoms with van der Waals surface area (Å²) >= 11 is 0. The Balaban J connectivity index is 0.000000340. The number of phenolic OH excluding ortho intramolecular Hbond substituents is 2. The molecule has 0 heterocycles. The fourth-order valence-electron chi connectivity index (χ4n) is 3.60. The lowest BCUT2D eigenvalue weighted by atomic mass is 9.76. The molecule has 2 N–H and O–H groups in total.